The largest absolute Gasteiger partial charge is 0.490 e. The molecule has 2 rings (SSSR count). The van der Waals surface area contributed by atoms with Crippen LogP contribution in [0.15, 0.2) is 24.3 Å². The Morgan fingerprint density at radius 2 is 1.88 bits per heavy atom. The van der Waals surface area contributed by atoms with Gasteiger partial charge in [-0.15, -0.1) is 0 Å². The molecular weight excluding hydrogens is 302 g/mol. The van der Waals surface area contributed by atoms with Gasteiger partial charge in [-0.1, -0.05) is 26.2 Å². The number of amides is 1. The molecule has 1 aliphatic rings. The number of methoxy groups -OCH3 is 1. The van der Waals surface area contributed by atoms with E-state index >= 15 is 0 Å². The van der Waals surface area contributed by atoms with E-state index in [1.807, 2.05) is 31.2 Å². The van der Waals surface area contributed by atoms with E-state index in [1.165, 1.54) is 12.8 Å². The third kappa shape index (κ3) is 5.23. The number of hydrogen-bond acceptors (Lipinski definition) is 3. The Bertz CT molecular complexity index is 508. The molecule has 1 saturated carbocycles. The molecular formula is C20H31NO3. The van der Waals surface area contributed by atoms with Crippen LogP contribution in [0.4, 0.5) is 5.69 Å². The molecule has 0 spiro atoms. The summed E-state index contributed by atoms with van der Waals surface area (Å²) in [6.07, 6.45) is 9.10. The fraction of sp³-hybridized carbons (Fsp3) is 0.650. The van der Waals surface area contributed by atoms with Gasteiger partial charge in [-0.05, 0) is 63.3 Å². The fourth-order valence-electron chi connectivity index (χ4n) is 3.10. The standard InChI is InChI=1S/C20H31NO3/c1-4-5-8-15-20(2,23-3)19(22)21-16-11-13-18(14-12-16)24-17-9-6-7-10-17/h11-14,17H,4-10,15H2,1-3H3,(H,21,22). The number of anilines is 1. The smallest absolute Gasteiger partial charge is 0.256 e. The lowest BCUT2D eigenvalue weighted by Gasteiger charge is -2.27. The summed E-state index contributed by atoms with van der Waals surface area (Å²) in [5.41, 5.74) is -0.00804. The molecule has 1 atom stereocenters. The predicted molar refractivity (Wildman–Crippen MR) is 97.5 cm³/mol. The van der Waals surface area contributed by atoms with Crippen LogP contribution in [0.5, 0.6) is 5.75 Å². The second-order valence-corrected chi connectivity index (χ2v) is 6.89. The van der Waals surface area contributed by atoms with Crippen molar-refractivity contribution in [2.24, 2.45) is 0 Å². The van der Waals surface area contributed by atoms with Crippen LogP contribution in [-0.4, -0.2) is 24.7 Å². The van der Waals surface area contributed by atoms with Gasteiger partial charge in [0.05, 0.1) is 6.10 Å². The maximum absolute atomic E-state index is 12.6. The van der Waals surface area contributed by atoms with Crippen LogP contribution in [0.2, 0.25) is 0 Å². The number of benzene rings is 1. The lowest BCUT2D eigenvalue weighted by atomic mass is 9.97. The minimum absolute atomic E-state index is 0.0921. The van der Waals surface area contributed by atoms with Gasteiger partial charge in [-0.25, -0.2) is 0 Å². The van der Waals surface area contributed by atoms with E-state index in [9.17, 15) is 4.79 Å². The Labute approximate surface area is 145 Å². The van der Waals surface area contributed by atoms with Gasteiger partial charge in [0.25, 0.3) is 5.91 Å². The molecule has 1 amide bonds. The summed E-state index contributed by atoms with van der Waals surface area (Å²) >= 11 is 0. The average Bonchev–Trinajstić information content (AvgIpc) is 3.09. The second-order valence-electron chi connectivity index (χ2n) is 6.89. The zero-order chi connectivity index (χ0) is 17.4. The van der Waals surface area contributed by atoms with Crippen LogP contribution in [-0.2, 0) is 9.53 Å². The minimum Gasteiger partial charge on any atom is -0.490 e. The molecule has 1 aliphatic carbocycles. The van der Waals surface area contributed by atoms with Crippen molar-refractivity contribution in [1.29, 1.82) is 0 Å². The monoisotopic (exact) mass is 333 g/mol. The molecule has 4 heteroatoms. The summed E-state index contributed by atoms with van der Waals surface area (Å²) in [5.74, 6) is 0.780. The topological polar surface area (TPSA) is 47.6 Å². The first-order chi connectivity index (χ1) is 11.6. The zero-order valence-electron chi connectivity index (χ0n) is 15.3. The summed E-state index contributed by atoms with van der Waals surface area (Å²) in [7, 11) is 1.60. The van der Waals surface area contributed by atoms with Gasteiger partial charge in [0.1, 0.15) is 11.4 Å². The molecule has 1 N–H and O–H groups in total. The quantitative estimate of drug-likeness (QED) is 0.652. The number of nitrogens with one attached hydrogen (secondary N) is 1. The van der Waals surface area contributed by atoms with Gasteiger partial charge in [-0.2, -0.15) is 0 Å². The number of carbonyl (C=O) groups is 1. The first-order valence-corrected chi connectivity index (χ1v) is 9.20. The number of rotatable bonds is 9. The van der Waals surface area contributed by atoms with E-state index < -0.39 is 5.60 Å². The van der Waals surface area contributed by atoms with Crippen molar-refractivity contribution >= 4 is 11.6 Å². The zero-order valence-corrected chi connectivity index (χ0v) is 15.3. The highest BCUT2D eigenvalue weighted by Gasteiger charge is 2.32. The number of ether oxygens (including phenoxy) is 2. The van der Waals surface area contributed by atoms with Crippen molar-refractivity contribution in [3.8, 4) is 5.75 Å². The Kier molecular flexibility index (Phi) is 7.10. The summed E-state index contributed by atoms with van der Waals surface area (Å²) in [4.78, 5) is 12.6. The van der Waals surface area contributed by atoms with Crippen molar-refractivity contribution in [3.05, 3.63) is 24.3 Å². The van der Waals surface area contributed by atoms with Crippen molar-refractivity contribution in [2.75, 3.05) is 12.4 Å². The lowest BCUT2D eigenvalue weighted by Crippen LogP contribution is -2.41. The van der Waals surface area contributed by atoms with Gasteiger partial charge in [0.15, 0.2) is 0 Å². The molecule has 0 aliphatic heterocycles. The third-order valence-corrected chi connectivity index (χ3v) is 4.91. The van der Waals surface area contributed by atoms with Crippen LogP contribution in [0, 0.1) is 0 Å². The summed E-state index contributed by atoms with van der Waals surface area (Å²) in [6, 6.07) is 7.64. The summed E-state index contributed by atoms with van der Waals surface area (Å²) in [5, 5.41) is 2.96. The highest BCUT2D eigenvalue weighted by Crippen LogP contribution is 2.26. The maximum Gasteiger partial charge on any atom is 0.256 e. The predicted octanol–water partition coefficient (Wildman–Crippen LogP) is 4.93. The van der Waals surface area contributed by atoms with E-state index in [0.717, 1.165) is 50.0 Å². The van der Waals surface area contributed by atoms with Crippen molar-refractivity contribution in [2.45, 2.75) is 76.9 Å². The van der Waals surface area contributed by atoms with Gasteiger partial charge >= 0.3 is 0 Å². The molecule has 0 aromatic heterocycles. The Morgan fingerprint density at radius 1 is 1.21 bits per heavy atom. The van der Waals surface area contributed by atoms with Gasteiger partial charge in [0, 0.05) is 12.8 Å². The fourth-order valence-corrected chi connectivity index (χ4v) is 3.10. The van der Waals surface area contributed by atoms with Gasteiger partial charge < -0.3 is 14.8 Å². The van der Waals surface area contributed by atoms with Crippen molar-refractivity contribution < 1.29 is 14.3 Å². The van der Waals surface area contributed by atoms with E-state index in [1.54, 1.807) is 7.11 Å². The Balaban J connectivity index is 1.89. The second kappa shape index (κ2) is 9.07. The number of carbonyl (C=O) groups excluding carboxylic acids is 1. The van der Waals surface area contributed by atoms with Crippen LogP contribution < -0.4 is 10.1 Å². The highest BCUT2D eigenvalue weighted by atomic mass is 16.5. The normalized spacial score (nSPS) is 17.5. The van der Waals surface area contributed by atoms with Crippen LogP contribution in [0.1, 0.15) is 65.2 Å². The molecule has 0 heterocycles. The molecule has 4 nitrogen and oxygen atoms in total. The molecule has 1 aromatic carbocycles. The molecule has 134 valence electrons. The molecule has 0 radical (unpaired) electrons. The molecule has 24 heavy (non-hydrogen) atoms. The highest BCUT2D eigenvalue weighted by molar-refractivity contribution is 5.97. The van der Waals surface area contributed by atoms with Crippen LogP contribution >= 0.6 is 0 Å². The minimum atomic E-state index is -0.784. The van der Waals surface area contributed by atoms with E-state index in [0.29, 0.717) is 6.10 Å². The van der Waals surface area contributed by atoms with Crippen LogP contribution in [0.3, 0.4) is 0 Å². The van der Waals surface area contributed by atoms with E-state index in [2.05, 4.69) is 12.2 Å². The van der Waals surface area contributed by atoms with E-state index in [4.69, 9.17) is 9.47 Å². The van der Waals surface area contributed by atoms with E-state index in [-0.39, 0.29) is 5.91 Å². The summed E-state index contributed by atoms with van der Waals surface area (Å²) in [6.45, 7) is 4.01. The molecule has 0 bridgehead atoms. The van der Waals surface area contributed by atoms with Crippen molar-refractivity contribution in [1.82, 2.24) is 0 Å². The van der Waals surface area contributed by atoms with Crippen LogP contribution in [0.25, 0.3) is 0 Å². The summed E-state index contributed by atoms with van der Waals surface area (Å²) < 4.78 is 11.4. The Morgan fingerprint density at radius 3 is 2.46 bits per heavy atom. The number of hydrogen-bond donors (Lipinski definition) is 1. The van der Waals surface area contributed by atoms with Crippen molar-refractivity contribution in [3.63, 3.8) is 0 Å². The molecule has 0 saturated heterocycles. The number of unbranched alkanes of at least 4 members (excludes halogenated alkanes) is 2. The van der Waals surface area contributed by atoms with Gasteiger partial charge in [-0.3, -0.25) is 4.79 Å². The first-order valence-electron chi connectivity index (χ1n) is 9.20. The SMILES string of the molecule is CCCCCC(C)(OC)C(=O)Nc1ccc(OC2CCCC2)cc1. The third-order valence-electron chi connectivity index (χ3n) is 4.91. The average molecular weight is 333 g/mol. The van der Waals surface area contributed by atoms with Gasteiger partial charge in [0.2, 0.25) is 0 Å². The molecule has 1 unspecified atom stereocenters. The Hall–Kier alpha value is -1.55. The lowest BCUT2D eigenvalue weighted by molar-refractivity contribution is -0.136. The first kappa shape index (κ1) is 18.8. The molecule has 1 fully saturated rings. The molecule has 1 aromatic rings. The maximum atomic E-state index is 12.6.